The number of hydrogen-bond acceptors (Lipinski definition) is 6. The maximum absolute atomic E-state index is 13.5. The van der Waals surface area contributed by atoms with E-state index < -0.39 is 10.0 Å². The molecule has 0 unspecified atom stereocenters. The zero-order valence-electron chi connectivity index (χ0n) is 20.8. The molecule has 1 heterocycles. The summed E-state index contributed by atoms with van der Waals surface area (Å²) in [6.45, 7) is 0.837. The van der Waals surface area contributed by atoms with Gasteiger partial charge in [0, 0.05) is 30.0 Å². The highest BCUT2D eigenvalue weighted by atomic mass is 32.2. The molecule has 0 saturated heterocycles. The minimum Gasteiger partial charge on any atom is -0.497 e. The fourth-order valence-corrected chi connectivity index (χ4v) is 5.99. The van der Waals surface area contributed by atoms with Crippen molar-refractivity contribution in [1.29, 1.82) is 0 Å². The van der Waals surface area contributed by atoms with Crippen LogP contribution in [0.25, 0.3) is 0 Å². The van der Waals surface area contributed by atoms with E-state index in [0.717, 1.165) is 16.8 Å². The Kier molecular flexibility index (Phi) is 6.93. The summed E-state index contributed by atoms with van der Waals surface area (Å²) in [5.74, 6) is 0.372. The number of carbonyl (C=O) groups is 1. The first-order valence-electron chi connectivity index (χ1n) is 12.1. The first kappa shape index (κ1) is 25.2. The first-order valence-corrected chi connectivity index (χ1v) is 13.6. The van der Waals surface area contributed by atoms with Gasteiger partial charge in [-0.05, 0) is 78.2 Å². The number of ether oxygens (including phenoxy) is 1. The average Bonchev–Trinajstić information content (AvgIpc) is 3.38. The molecule has 8 nitrogen and oxygen atoms in total. The third-order valence-corrected chi connectivity index (χ3v) is 8.26. The van der Waals surface area contributed by atoms with Gasteiger partial charge in [0.25, 0.3) is 15.9 Å². The smallest absolute Gasteiger partial charge is 0.264 e. The molecule has 0 bridgehead atoms. The van der Waals surface area contributed by atoms with E-state index in [1.54, 1.807) is 67.8 Å². The molecule has 0 atom stereocenters. The van der Waals surface area contributed by atoms with Gasteiger partial charge in [-0.3, -0.25) is 9.10 Å². The van der Waals surface area contributed by atoms with Crippen LogP contribution in [0.1, 0.15) is 21.5 Å². The number of carbonyl (C=O) groups excluding carboxylic acids is 1. The van der Waals surface area contributed by atoms with Crippen molar-refractivity contribution in [2.24, 2.45) is 0 Å². The second-order valence-electron chi connectivity index (χ2n) is 8.95. The number of nitrogen functional groups attached to an aromatic ring is 1. The highest BCUT2D eigenvalue weighted by molar-refractivity contribution is 7.92. The van der Waals surface area contributed by atoms with Crippen LogP contribution in [0.5, 0.6) is 5.75 Å². The predicted molar refractivity (Wildman–Crippen MR) is 150 cm³/mol. The van der Waals surface area contributed by atoms with Gasteiger partial charge in [0.2, 0.25) is 0 Å². The van der Waals surface area contributed by atoms with Gasteiger partial charge in [-0.25, -0.2) is 8.42 Å². The minimum absolute atomic E-state index is 0.216. The van der Waals surface area contributed by atoms with Crippen molar-refractivity contribution >= 4 is 38.7 Å². The molecule has 5 rings (SSSR count). The Morgan fingerprint density at radius 1 is 0.974 bits per heavy atom. The minimum atomic E-state index is -3.74. The Morgan fingerprint density at radius 3 is 2.42 bits per heavy atom. The highest BCUT2D eigenvalue weighted by Crippen LogP contribution is 2.39. The van der Waals surface area contributed by atoms with Crippen molar-refractivity contribution in [3.05, 3.63) is 108 Å². The average molecular weight is 529 g/mol. The molecular weight excluding hydrogens is 500 g/mol. The van der Waals surface area contributed by atoms with Crippen molar-refractivity contribution in [3.63, 3.8) is 0 Å². The van der Waals surface area contributed by atoms with Crippen LogP contribution < -0.4 is 25.4 Å². The van der Waals surface area contributed by atoms with Crippen molar-refractivity contribution in [2.45, 2.75) is 17.9 Å². The first-order chi connectivity index (χ1) is 18.3. The number of fused-ring (bicyclic) bond motifs is 1. The number of anilines is 4. The summed E-state index contributed by atoms with van der Waals surface area (Å²) in [6.07, 6.45) is 0.636. The third-order valence-electron chi connectivity index (χ3n) is 6.44. The van der Waals surface area contributed by atoms with Crippen LogP contribution in [0.15, 0.2) is 95.9 Å². The lowest BCUT2D eigenvalue weighted by Crippen LogP contribution is -2.29. The van der Waals surface area contributed by atoms with Gasteiger partial charge in [-0.1, -0.05) is 30.3 Å². The number of methoxy groups -OCH3 is 1. The number of hydrogen-bond donors (Lipinski definition) is 3. The van der Waals surface area contributed by atoms with E-state index in [2.05, 4.69) is 10.6 Å². The molecular formula is C29H28N4O4S. The molecule has 1 aliphatic heterocycles. The number of nitrogens with one attached hydrogen (secondary N) is 2. The Morgan fingerprint density at radius 2 is 1.71 bits per heavy atom. The van der Waals surface area contributed by atoms with Gasteiger partial charge < -0.3 is 21.1 Å². The molecule has 9 heteroatoms. The van der Waals surface area contributed by atoms with Crippen LogP contribution >= 0.6 is 0 Å². The van der Waals surface area contributed by atoms with E-state index in [-0.39, 0.29) is 10.8 Å². The molecule has 4 aromatic rings. The molecule has 4 aromatic carbocycles. The van der Waals surface area contributed by atoms with Crippen molar-refractivity contribution < 1.29 is 17.9 Å². The molecule has 0 aromatic heterocycles. The number of sulfonamides is 1. The molecule has 0 saturated carbocycles. The molecule has 38 heavy (non-hydrogen) atoms. The molecule has 0 radical (unpaired) electrons. The molecule has 4 N–H and O–H groups in total. The lowest BCUT2D eigenvalue weighted by atomic mass is 10.1. The Balaban J connectivity index is 1.30. The zero-order chi connectivity index (χ0) is 26.7. The summed E-state index contributed by atoms with van der Waals surface area (Å²) < 4.78 is 33.6. The topological polar surface area (TPSA) is 114 Å². The molecule has 0 aliphatic carbocycles. The molecule has 1 aliphatic rings. The fourth-order valence-electron chi connectivity index (χ4n) is 4.47. The lowest BCUT2D eigenvalue weighted by molar-refractivity contribution is 0.102. The molecule has 0 spiro atoms. The van der Waals surface area contributed by atoms with E-state index in [1.807, 2.05) is 30.3 Å². The van der Waals surface area contributed by atoms with Crippen LogP contribution in [-0.4, -0.2) is 28.0 Å². The second kappa shape index (κ2) is 10.5. The Labute approximate surface area is 222 Å². The van der Waals surface area contributed by atoms with Gasteiger partial charge in [0.15, 0.2) is 0 Å². The van der Waals surface area contributed by atoms with Crippen LogP contribution in [0.2, 0.25) is 0 Å². The Bertz CT molecular complexity index is 1570. The summed E-state index contributed by atoms with van der Waals surface area (Å²) in [6, 6.07) is 26.5. The highest BCUT2D eigenvalue weighted by Gasteiger charge is 2.32. The van der Waals surface area contributed by atoms with E-state index in [9.17, 15) is 13.2 Å². The van der Waals surface area contributed by atoms with Crippen molar-refractivity contribution in [3.8, 4) is 5.75 Å². The van der Waals surface area contributed by atoms with Gasteiger partial charge in [0.1, 0.15) is 5.75 Å². The predicted octanol–water partition coefficient (Wildman–Crippen LogP) is 4.89. The maximum atomic E-state index is 13.5. The molecule has 0 fully saturated rings. The quantitative estimate of drug-likeness (QED) is 0.281. The monoisotopic (exact) mass is 528 g/mol. The van der Waals surface area contributed by atoms with Crippen LogP contribution in [0.3, 0.4) is 0 Å². The number of para-hydroxylation sites is 1. The fraction of sp³-hybridized carbons (Fsp3) is 0.138. The largest absolute Gasteiger partial charge is 0.497 e. The number of nitrogens with zero attached hydrogens (tertiary/aromatic N) is 1. The summed E-state index contributed by atoms with van der Waals surface area (Å²) in [5, 5.41) is 6.23. The van der Waals surface area contributed by atoms with E-state index in [1.165, 1.54) is 4.31 Å². The van der Waals surface area contributed by atoms with E-state index in [4.69, 9.17) is 10.5 Å². The standard InChI is InChI=1S/C29H28N4O4S/c1-37-25-12-14-26(15-13-25)38(35,36)33-17-16-21-4-2-7-27(28(21)33)31-19-20-8-10-22(11-9-20)29(34)32-24-6-3-5-23(30)18-24/h2-15,18,31H,16-17,19,30H2,1H3,(H,32,34). The second-order valence-corrected chi connectivity index (χ2v) is 10.8. The summed E-state index contributed by atoms with van der Waals surface area (Å²) >= 11 is 0. The van der Waals surface area contributed by atoms with Gasteiger partial charge in [-0.2, -0.15) is 0 Å². The number of benzene rings is 4. The molecule has 1 amide bonds. The summed E-state index contributed by atoms with van der Waals surface area (Å²) in [4.78, 5) is 12.8. The number of amides is 1. The lowest BCUT2D eigenvalue weighted by Gasteiger charge is -2.23. The number of rotatable bonds is 8. The summed E-state index contributed by atoms with van der Waals surface area (Å²) in [5.41, 5.74) is 10.8. The van der Waals surface area contributed by atoms with Gasteiger partial charge in [0.05, 0.1) is 23.4 Å². The number of nitrogens with two attached hydrogens (primary N) is 1. The zero-order valence-corrected chi connectivity index (χ0v) is 21.7. The van der Waals surface area contributed by atoms with Gasteiger partial charge >= 0.3 is 0 Å². The Hall–Kier alpha value is -4.50. The normalized spacial score (nSPS) is 12.6. The van der Waals surface area contributed by atoms with Crippen LogP contribution in [-0.2, 0) is 23.0 Å². The van der Waals surface area contributed by atoms with E-state index >= 15 is 0 Å². The maximum Gasteiger partial charge on any atom is 0.264 e. The SMILES string of the molecule is COc1ccc(S(=O)(=O)N2CCc3cccc(NCc4ccc(C(=O)Nc5cccc(N)c5)cc4)c32)cc1. The van der Waals surface area contributed by atoms with Gasteiger partial charge in [-0.15, -0.1) is 0 Å². The van der Waals surface area contributed by atoms with Crippen molar-refractivity contribution in [1.82, 2.24) is 0 Å². The molecule has 194 valence electrons. The third kappa shape index (κ3) is 5.14. The van der Waals surface area contributed by atoms with E-state index in [0.29, 0.717) is 47.9 Å². The van der Waals surface area contributed by atoms with Crippen LogP contribution in [0, 0.1) is 0 Å². The van der Waals surface area contributed by atoms with Crippen LogP contribution in [0.4, 0.5) is 22.7 Å². The summed E-state index contributed by atoms with van der Waals surface area (Å²) in [7, 11) is -2.20. The van der Waals surface area contributed by atoms with Crippen molar-refractivity contribution in [2.75, 3.05) is 34.3 Å².